The average molecular weight is 415 g/mol. The van der Waals surface area contributed by atoms with E-state index in [9.17, 15) is 9.90 Å². The molecule has 2 aromatic heterocycles. The smallest absolute Gasteiger partial charge is 0.252 e. The summed E-state index contributed by atoms with van der Waals surface area (Å²) in [6, 6.07) is 18.3. The number of rotatable bonds is 6. The van der Waals surface area contributed by atoms with Crippen LogP contribution in [-0.4, -0.2) is 51.7 Å². The summed E-state index contributed by atoms with van der Waals surface area (Å²) in [5.74, 6) is -0.0135. The Balaban J connectivity index is 1.75. The van der Waals surface area contributed by atoms with E-state index in [1.54, 1.807) is 30.3 Å². The van der Waals surface area contributed by atoms with Gasteiger partial charge in [-0.3, -0.25) is 9.89 Å². The van der Waals surface area contributed by atoms with Crippen LogP contribution in [0.1, 0.15) is 27.7 Å². The summed E-state index contributed by atoms with van der Waals surface area (Å²) >= 11 is 0. The molecule has 0 spiro atoms. The number of likely N-dealkylation sites (N-methyl/N-ethyl adjacent to an activating group) is 1. The number of benzene rings is 2. The maximum Gasteiger partial charge on any atom is 0.252 e. The van der Waals surface area contributed by atoms with Crippen molar-refractivity contribution in [3.63, 3.8) is 0 Å². The molecule has 0 saturated heterocycles. The van der Waals surface area contributed by atoms with Gasteiger partial charge in [-0.15, -0.1) is 0 Å². The molecule has 1 unspecified atom stereocenters. The van der Waals surface area contributed by atoms with Crippen LogP contribution in [-0.2, 0) is 0 Å². The first-order chi connectivity index (χ1) is 14.9. The number of phenols is 1. The zero-order valence-corrected chi connectivity index (χ0v) is 17.8. The van der Waals surface area contributed by atoms with Gasteiger partial charge >= 0.3 is 0 Å². The zero-order valence-electron chi connectivity index (χ0n) is 17.8. The Hall–Kier alpha value is -3.71. The molecular formula is C24H25N5O2. The maximum atomic E-state index is 13.5. The summed E-state index contributed by atoms with van der Waals surface area (Å²) < 4.78 is 0. The molecule has 0 aliphatic rings. The van der Waals surface area contributed by atoms with Gasteiger partial charge in [-0.2, -0.15) is 5.10 Å². The van der Waals surface area contributed by atoms with Gasteiger partial charge in [-0.25, -0.2) is 4.98 Å². The predicted molar refractivity (Wildman–Crippen MR) is 121 cm³/mol. The number of carbonyl (C=O) groups is 1. The fourth-order valence-electron chi connectivity index (χ4n) is 3.65. The molecule has 3 N–H and O–H groups in total. The molecule has 4 aromatic rings. The van der Waals surface area contributed by atoms with Crippen molar-refractivity contribution in [1.82, 2.24) is 25.4 Å². The number of aromatic hydroxyl groups is 1. The Morgan fingerprint density at radius 3 is 2.52 bits per heavy atom. The number of amides is 1. The molecular weight excluding hydrogens is 390 g/mol. The van der Waals surface area contributed by atoms with Crippen molar-refractivity contribution in [2.24, 2.45) is 0 Å². The standard InChI is InChI=1S/C24H25N5O2/c1-15-22-19(24(31)26-21(14-29(2)3)16-7-5-4-6-8-16)13-20(25-23(22)28-27-15)17-9-11-18(30)12-10-17/h4-13,21,30H,14H2,1-3H3,(H,26,31)(H,25,27,28). The lowest BCUT2D eigenvalue weighted by atomic mass is 10.0. The van der Waals surface area contributed by atoms with Crippen molar-refractivity contribution >= 4 is 16.9 Å². The number of hydrogen-bond acceptors (Lipinski definition) is 5. The Morgan fingerprint density at radius 2 is 1.84 bits per heavy atom. The van der Waals surface area contributed by atoms with Crippen molar-refractivity contribution in [1.29, 1.82) is 0 Å². The van der Waals surface area contributed by atoms with Crippen molar-refractivity contribution in [2.45, 2.75) is 13.0 Å². The van der Waals surface area contributed by atoms with Crippen molar-refractivity contribution in [2.75, 3.05) is 20.6 Å². The largest absolute Gasteiger partial charge is 0.508 e. The topological polar surface area (TPSA) is 94.1 Å². The van der Waals surface area contributed by atoms with Gasteiger partial charge in [-0.05, 0) is 56.9 Å². The maximum absolute atomic E-state index is 13.5. The SMILES string of the molecule is Cc1[nH]nc2nc(-c3ccc(O)cc3)cc(C(=O)NC(CN(C)C)c3ccccc3)c12. The summed E-state index contributed by atoms with van der Waals surface area (Å²) in [5, 5.41) is 20.7. The molecule has 31 heavy (non-hydrogen) atoms. The molecule has 0 fully saturated rings. The monoisotopic (exact) mass is 415 g/mol. The van der Waals surface area contributed by atoms with Crippen LogP contribution in [0, 0.1) is 6.92 Å². The molecule has 1 atom stereocenters. The van der Waals surface area contributed by atoms with Gasteiger partial charge in [0, 0.05) is 17.8 Å². The van der Waals surface area contributed by atoms with Gasteiger partial charge in [0.1, 0.15) is 5.75 Å². The fraction of sp³-hybridized carbons (Fsp3) is 0.208. The molecule has 2 heterocycles. The number of H-pyrrole nitrogens is 1. The molecule has 0 aliphatic carbocycles. The summed E-state index contributed by atoms with van der Waals surface area (Å²) in [6.45, 7) is 2.54. The van der Waals surface area contributed by atoms with Gasteiger partial charge in [-0.1, -0.05) is 30.3 Å². The van der Waals surface area contributed by atoms with Gasteiger partial charge < -0.3 is 15.3 Å². The van der Waals surface area contributed by atoms with E-state index in [1.807, 2.05) is 56.3 Å². The molecule has 7 nitrogen and oxygen atoms in total. The highest BCUT2D eigenvalue weighted by Gasteiger charge is 2.21. The summed E-state index contributed by atoms with van der Waals surface area (Å²) in [7, 11) is 3.96. The second-order valence-corrected chi connectivity index (χ2v) is 7.85. The molecule has 1 amide bonds. The first-order valence-corrected chi connectivity index (χ1v) is 10.1. The first kappa shape index (κ1) is 20.6. The lowest BCUT2D eigenvalue weighted by molar-refractivity contribution is 0.0931. The van der Waals surface area contributed by atoms with Gasteiger partial charge in [0.05, 0.1) is 22.7 Å². The Morgan fingerprint density at radius 1 is 1.13 bits per heavy atom. The number of aromatic amines is 1. The highest BCUT2D eigenvalue weighted by molar-refractivity contribution is 6.07. The van der Waals surface area contributed by atoms with E-state index in [-0.39, 0.29) is 17.7 Å². The molecule has 4 rings (SSSR count). The highest BCUT2D eigenvalue weighted by Crippen LogP contribution is 2.27. The predicted octanol–water partition coefficient (Wildman–Crippen LogP) is 3.67. The number of aryl methyl sites for hydroxylation is 1. The molecule has 158 valence electrons. The van der Waals surface area contributed by atoms with Crippen LogP contribution in [0.4, 0.5) is 0 Å². The average Bonchev–Trinajstić information content (AvgIpc) is 3.14. The Kier molecular flexibility index (Phi) is 5.68. The first-order valence-electron chi connectivity index (χ1n) is 10.1. The van der Waals surface area contributed by atoms with Crippen molar-refractivity contribution < 1.29 is 9.90 Å². The highest BCUT2D eigenvalue weighted by atomic mass is 16.3. The van der Waals surface area contributed by atoms with E-state index in [4.69, 9.17) is 0 Å². The van der Waals surface area contributed by atoms with E-state index in [0.29, 0.717) is 28.8 Å². The second-order valence-electron chi connectivity index (χ2n) is 7.85. The van der Waals surface area contributed by atoms with Crippen LogP contribution >= 0.6 is 0 Å². The number of pyridine rings is 1. The number of nitrogens with one attached hydrogen (secondary N) is 2. The lowest BCUT2D eigenvalue weighted by Crippen LogP contribution is -2.35. The number of nitrogens with zero attached hydrogens (tertiary/aromatic N) is 3. The van der Waals surface area contributed by atoms with Crippen LogP contribution in [0.25, 0.3) is 22.3 Å². The third kappa shape index (κ3) is 4.41. The van der Waals surface area contributed by atoms with Gasteiger partial charge in [0.25, 0.3) is 5.91 Å². The molecule has 0 saturated carbocycles. The number of phenolic OH excluding ortho intramolecular Hbond substituents is 1. The fourth-order valence-corrected chi connectivity index (χ4v) is 3.65. The van der Waals surface area contributed by atoms with E-state index < -0.39 is 0 Å². The molecule has 0 aliphatic heterocycles. The number of fused-ring (bicyclic) bond motifs is 1. The van der Waals surface area contributed by atoms with Crippen molar-refractivity contribution in [3.05, 3.63) is 77.5 Å². The minimum Gasteiger partial charge on any atom is -0.508 e. The van der Waals surface area contributed by atoms with Gasteiger partial charge in [0.15, 0.2) is 5.65 Å². The molecule has 7 heteroatoms. The quantitative estimate of drug-likeness (QED) is 0.447. The summed E-state index contributed by atoms with van der Waals surface area (Å²) in [4.78, 5) is 20.1. The third-order valence-electron chi connectivity index (χ3n) is 5.17. The third-order valence-corrected chi connectivity index (χ3v) is 5.17. The Labute approximate surface area is 180 Å². The minimum absolute atomic E-state index is 0.170. The van der Waals surface area contributed by atoms with Crippen molar-refractivity contribution in [3.8, 4) is 17.0 Å². The number of hydrogen-bond donors (Lipinski definition) is 3. The second kappa shape index (κ2) is 8.57. The molecule has 0 bridgehead atoms. The number of aromatic nitrogens is 3. The minimum atomic E-state index is -0.187. The Bertz CT molecular complexity index is 1200. The van der Waals surface area contributed by atoms with Crippen LogP contribution in [0.3, 0.4) is 0 Å². The summed E-state index contributed by atoms with van der Waals surface area (Å²) in [5.41, 5.74) is 4.23. The van der Waals surface area contributed by atoms with Crippen LogP contribution in [0.2, 0.25) is 0 Å². The normalized spacial score (nSPS) is 12.3. The van der Waals surface area contributed by atoms with E-state index in [2.05, 4.69) is 20.5 Å². The molecule has 0 radical (unpaired) electrons. The van der Waals surface area contributed by atoms with Gasteiger partial charge in [0.2, 0.25) is 0 Å². The number of carbonyl (C=O) groups excluding carboxylic acids is 1. The van der Waals surface area contributed by atoms with Crippen LogP contribution < -0.4 is 5.32 Å². The molecule has 2 aromatic carbocycles. The zero-order chi connectivity index (χ0) is 22.0. The summed E-state index contributed by atoms with van der Waals surface area (Å²) in [6.07, 6.45) is 0. The van der Waals surface area contributed by atoms with E-state index in [1.165, 1.54) is 0 Å². The van der Waals surface area contributed by atoms with Crippen LogP contribution in [0.5, 0.6) is 5.75 Å². The lowest BCUT2D eigenvalue weighted by Gasteiger charge is -2.23. The van der Waals surface area contributed by atoms with Crippen LogP contribution in [0.15, 0.2) is 60.7 Å². The van der Waals surface area contributed by atoms with E-state index >= 15 is 0 Å². The van der Waals surface area contributed by atoms with E-state index in [0.717, 1.165) is 16.8 Å².